The van der Waals surface area contributed by atoms with Gasteiger partial charge in [-0.3, -0.25) is 20.6 Å². The van der Waals surface area contributed by atoms with Crippen LogP contribution in [0, 0.1) is 17.6 Å². The average Bonchev–Trinajstić information content (AvgIpc) is 3.26. The van der Waals surface area contributed by atoms with Crippen LogP contribution in [0.4, 0.5) is 14.6 Å². The second-order valence-corrected chi connectivity index (χ2v) is 4.79. The maximum Gasteiger partial charge on any atom is 0.242 e. The number of halogens is 2. The highest BCUT2D eigenvalue weighted by Gasteiger charge is 2.46. The Morgan fingerprint density at radius 1 is 1.24 bits per heavy atom. The molecule has 1 amide bonds. The summed E-state index contributed by atoms with van der Waals surface area (Å²) in [4.78, 5) is 19.7. The van der Waals surface area contributed by atoms with Crippen molar-refractivity contribution in [1.82, 2.24) is 15.4 Å². The molecule has 2 N–H and O–H groups in total. The van der Waals surface area contributed by atoms with Crippen LogP contribution in [0.25, 0.3) is 0 Å². The van der Waals surface area contributed by atoms with E-state index in [-0.39, 0.29) is 11.5 Å². The van der Waals surface area contributed by atoms with Crippen molar-refractivity contribution >= 4 is 11.7 Å². The fourth-order valence-electron chi connectivity index (χ4n) is 2.25. The number of carbonyl (C=O) groups excluding carboxylic acids is 1. The number of anilines is 1. The lowest BCUT2D eigenvalue weighted by Gasteiger charge is -2.07. The molecule has 108 valence electrons. The van der Waals surface area contributed by atoms with E-state index in [4.69, 9.17) is 0 Å². The summed E-state index contributed by atoms with van der Waals surface area (Å²) in [6.07, 6.45) is 4.85. The summed E-state index contributed by atoms with van der Waals surface area (Å²) in [5, 5.41) is 0. The van der Waals surface area contributed by atoms with Crippen LogP contribution < -0.4 is 10.9 Å². The number of nitrogens with one attached hydrogen (secondary N) is 2. The largest absolute Gasteiger partial charge is 0.281 e. The molecule has 21 heavy (non-hydrogen) atoms. The van der Waals surface area contributed by atoms with Crippen LogP contribution in [-0.2, 0) is 4.79 Å². The van der Waals surface area contributed by atoms with Crippen molar-refractivity contribution in [2.45, 2.75) is 12.3 Å². The molecule has 1 aromatic carbocycles. The minimum absolute atomic E-state index is 0.0165. The molecule has 0 unspecified atom stereocenters. The molecule has 5 nitrogen and oxygen atoms in total. The molecule has 7 heteroatoms. The third kappa shape index (κ3) is 2.81. The van der Waals surface area contributed by atoms with E-state index in [0.717, 1.165) is 0 Å². The second-order valence-electron chi connectivity index (χ2n) is 4.79. The van der Waals surface area contributed by atoms with E-state index in [2.05, 4.69) is 20.8 Å². The lowest BCUT2D eigenvalue weighted by Crippen LogP contribution is -2.31. The van der Waals surface area contributed by atoms with Gasteiger partial charge in [-0.2, -0.15) is 0 Å². The summed E-state index contributed by atoms with van der Waals surface area (Å²) in [5.41, 5.74) is 5.05. The van der Waals surface area contributed by atoms with E-state index in [1.807, 2.05) is 0 Å². The fraction of sp³-hybridized carbons (Fsp3) is 0.214. The Hall–Kier alpha value is -2.57. The van der Waals surface area contributed by atoms with Gasteiger partial charge in [-0.15, -0.1) is 0 Å². The van der Waals surface area contributed by atoms with Crippen molar-refractivity contribution in [1.29, 1.82) is 0 Å². The quantitative estimate of drug-likeness (QED) is 0.845. The predicted molar refractivity (Wildman–Crippen MR) is 71.0 cm³/mol. The normalized spacial score (nSPS) is 19.9. The highest BCUT2D eigenvalue weighted by molar-refractivity contribution is 5.83. The molecule has 1 heterocycles. The van der Waals surface area contributed by atoms with Gasteiger partial charge in [0.1, 0.15) is 11.6 Å². The molecule has 0 radical (unpaired) electrons. The SMILES string of the molecule is O=C(NNc1cnccn1)[C@@H]1C[C@H]1c1c(F)cccc1F. The maximum atomic E-state index is 13.6. The predicted octanol–water partition coefficient (Wildman–Crippen LogP) is 2.00. The van der Waals surface area contributed by atoms with Crippen molar-refractivity contribution in [3.63, 3.8) is 0 Å². The summed E-state index contributed by atoms with van der Waals surface area (Å²) in [5.74, 6) is -2.03. The maximum absolute atomic E-state index is 13.6. The molecule has 1 saturated carbocycles. The average molecular weight is 290 g/mol. The van der Waals surface area contributed by atoms with E-state index >= 15 is 0 Å². The van der Waals surface area contributed by atoms with Gasteiger partial charge in [-0.1, -0.05) is 6.07 Å². The van der Waals surface area contributed by atoms with E-state index < -0.39 is 23.5 Å². The zero-order valence-electron chi connectivity index (χ0n) is 10.9. The first-order valence-corrected chi connectivity index (χ1v) is 6.42. The Kier molecular flexibility index (Phi) is 3.47. The number of nitrogens with zero attached hydrogens (tertiary/aromatic N) is 2. The Morgan fingerprint density at radius 3 is 2.67 bits per heavy atom. The molecule has 3 rings (SSSR count). The summed E-state index contributed by atoms with van der Waals surface area (Å²) in [6, 6.07) is 3.70. The van der Waals surface area contributed by atoms with E-state index in [9.17, 15) is 13.6 Å². The molecule has 1 fully saturated rings. The molecule has 0 spiro atoms. The minimum atomic E-state index is -0.614. The van der Waals surface area contributed by atoms with E-state index in [1.165, 1.54) is 36.8 Å². The Balaban J connectivity index is 1.61. The van der Waals surface area contributed by atoms with Gasteiger partial charge in [0.15, 0.2) is 5.82 Å². The highest BCUT2D eigenvalue weighted by atomic mass is 19.1. The number of amides is 1. The van der Waals surface area contributed by atoms with Gasteiger partial charge in [0.25, 0.3) is 0 Å². The van der Waals surface area contributed by atoms with Gasteiger partial charge in [-0.05, 0) is 18.6 Å². The van der Waals surface area contributed by atoms with Crippen LogP contribution in [0.2, 0.25) is 0 Å². The zero-order chi connectivity index (χ0) is 14.8. The lowest BCUT2D eigenvalue weighted by atomic mass is 10.1. The standard InChI is InChI=1S/C14H12F2N4O/c15-10-2-1-3-11(16)13(10)8-6-9(8)14(21)20-19-12-7-17-4-5-18-12/h1-5,7-9H,6H2,(H,18,19)(H,20,21)/t8-,9-/m1/s1. The first kappa shape index (κ1) is 13.4. The Labute approximate surface area is 119 Å². The number of hydrazine groups is 1. The number of benzene rings is 1. The van der Waals surface area contributed by atoms with Gasteiger partial charge in [0.2, 0.25) is 5.91 Å². The molecule has 2 atom stereocenters. The molecular formula is C14H12F2N4O. The van der Waals surface area contributed by atoms with Crippen LogP contribution in [0.3, 0.4) is 0 Å². The highest BCUT2D eigenvalue weighted by Crippen LogP contribution is 2.49. The number of aromatic nitrogens is 2. The summed E-state index contributed by atoms with van der Waals surface area (Å²) < 4.78 is 27.2. The molecule has 1 aliphatic rings. The summed E-state index contributed by atoms with van der Waals surface area (Å²) in [6.45, 7) is 0. The van der Waals surface area contributed by atoms with E-state index in [0.29, 0.717) is 12.2 Å². The third-order valence-electron chi connectivity index (χ3n) is 3.37. The smallest absolute Gasteiger partial charge is 0.242 e. The Morgan fingerprint density at radius 2 is 2.00 bits per heavy atom. The van der Waals surface area contributed by atoms with Crippen LogP contribution >= 0.6 is 0 Å². The van der Waals surface area contributed by atoms with Gasteiger partial charge in [-0.25, -0.2) is 13.8 Å². The number of hydrogen-bond donors (Lipinski definition) is 2. The molecule has 2 aromatic rings. The van der Waals surface area contributed by atoms with Gasteiger partial charge < -0.3 is 0 Å². The zero-order valence-corrected chi connectivity index (χ0v) is 10.9. The van der Waals surface area contributed by atoms with Crippen LogP contribution in [0.1, 0.15) is 17.9 Å². The van der Waals surface area contributed by atoms with Crippen molar-refractivity contribution in [2.75, 3.05) is 5.43 Å². The molecule has 0 aliphatic heterocycles. The lowest BCUT2D eigenvalue weighted by molar-refractivity contribution is -0.121. The summed E-state index contributed by atoms with van der Waals surface area (Å²) >= 11 is 0. The first-order chi connectivity index (χ1) is 10.2. The van der Waals surface area contributed by atoms with Gasteiger partial charge >= 0.3 is 0 Å². The molecule has 1 aromatic heterocycles. The van der Waals surface area contributed by atoms with Crippen molar-refractivity contribution < 1.29 is 13.6 Å². The monoisotopic (exact) mass is 290 g/mol. The van der Waals surface area contributed by atoms with Crippen LogP contribution in [0.5, 0.6) is 0 Å². The minimum Gasteiger partial charge on any atom is -0.281 e. The molecule has 1 aliphatic carbocycles. The number of rotatable bonds is 4. The van der Waals surface area contributed by atoms with E-state index in [1.54, 1.807) is 0 Å². The van der Waals surface area contributed by atoms with Crippen molar-refractivity contribution in [2.24, 2.45) is 5.92 Å². The summed E-state index contributed by atoms with van der Waals surface area (Å²) in [7, 11) is 0. The van der Waals surface area contributed by atoms with Crippen molar-refractivity contribution in [3.8, 4) is 0 Å². The van der Waals surface area contributed by atoms with Gasteiger partial charge in [0.05, 0.1) is 6.20 Å². The topological polar surface area (TPSA) is 66.9 Å². The first-order valence-electron chi connectivity index (χ1n) is 6.42. The molecule has 0 saturated heterocycles. The van der Waals surface area contributed by atoms with Crippen LogP contribution in [0.15, 0.2) is 36.8 Å². The number of carbonyl (C=O) groups is 1. The fourth-order valence-corrected chi connectivity index (χ4v) is 2.25. The number of hydrogen-bond acceptors (Lipinski definition) is 4. The Bertz CT molecular complexity index is 645. The molecular weight excluding hydrogens is 278 g/mol. The molecule has 0 bridgehead atoms. The van der Waals surface area contributed by atoms with Crippen LogP contribution in [-0.4, -0.2) is 15.9 Å². The second kappa shape index (κ2) is 5.43. The van der Waals surface area contributed by atoms with Gasteiger partial charge in [0, 0.05) is 29.8 Å². The van der Waals surface area contributed by atoms with Crippen molar-refractivity contribution in [3.05, 3.63) is 54.0 Å². The third-order valence-corrected chi connectivity index (χ3v) is 3.37.